The van der Waals surface area contributed by atoms with E-state index in [0.717, 1.165) is 11.3 Å². The molecule has 3 rings (SSSR count). The first-order valence-electron chi connectivity index (χ1n) is 6.10. The van der Waals surface area contributed by atoms with E-state index in [9.17, 15) is 4.79 Å². The molecule has 2 heterocycles. The fourth-order valence-corrected chi connectivity index (χ4v) is 2.07. The number of furan rings is 1. The molecule has 106 valence electrons. The van der Waals surface area contributed by atoms with Gasteiger partial charge in [-0.15, -0.1) is 5.10 Å². The van der Waals surface area contributed by atoms with Crippen molar-refractivity contribution in [3.05, 3.63) is 59.1 Å². The van der Waals surface area contributed by atoms with E-state index in [4.69, 9.17) is 21.1 Å². The van der Waals surface area contributed by atoms with Gasteiger partial charge in [0.25, 0.3) is 0 Å². The Labute approximate surface area is 124 Å². The summed E-state index contributed by atoms with van der Waals surface area (Å²) in [6.07, 6.45) is 1.63. The molecule has 0 saturated carbocycles. The van der Waals surface area contributed by atoms with Crippen LogP contribution in [0.3, 0.4) is 0 Å². The van der Waals surface area contributed by atoms with Crippen LogP contribution in [-0.2, 0) is 6.54 Å². The van der Waals surface area contributed by atoms with Crippen molar-refractivity contribution in [2.45, 2.75) is 6.54 Å². The fourth-order valence-electron chi connectivity index (χ4n) is 1.94. The molecule has 0 unspecified atom stereocenters. The summed E-state index contributed by atoms with van der Waals surface area (Å²) in [5.74, 6) is -0.705. The molecule has 7 heteroatoms. The molecular formula is C14H10ClN3O3. The highest BCUT2D eigenvalue weighted by Crippen LogP contribution is 2.21. The maximum atomic E-state index is 10.8. The summed E-state index contributed by atoms with van der Waals surface area (Å²) in [5, 5.41) is 17.4. The summed E-state index contributed by atoms with van der Waals surface area (Å²) >= 11 is 5.87. The van der Waals surface area contributed by atoms with Gasteiger partial charge in [0, 0.05) is 10.6 Å². The van der Waals surface area contributed by atoms with Crippen molar-refractivity contribution in [2.75, 3.05) is 0 Å². The van der Waals surface area contributed by atoms with Crippen LogP contribution in [0, 0.1) is 0 Å². The largest absolute Gasteiger partial charge is 0.475 e. The van der Waals surface area contributed by atoms with Crippen LogP contribution in [0.2, 0.25) is 5.02 Å². The summed E-state index contributed by atoms with van der Waals surface area (Å²) in [6.45, 7) is 0.297. The molecule has 0 bridgehead atoms. The molecule has 3 aromatic rings. The topological polar surface area (TPSA) is 81.1 Å². The number of benzene rings is 1. The molecule has 0 aliphatic rings. The second kappa shape index (κ2) is 5.41. The Bertz CT molecular complexity index is 777. The molecule has 1 aromatic carbocycles. The van der Waals surface area contributed by atoms with E-state index < -0.39 is 5.97 Å². The van der Waals surface area contributed by atoms with E-state index in [-0.39, 0.29) is 5.76 Å². The first-order valence-corrected chi connectivity index (χ1v) is 6.48. The van der Waals surface area contributed by atoms with Gasteiger partial charge in [0.1, 0.15) is 12.3 Å². The van der Waals surface area contributed by atoms with Crippen molar-refractivity contribution in [2.24, 2.45) is 0 Å². The zero-order valence-electron chi connectivity index (χ0n) is 10.7. The molecule has 0 radical (unpaired) electrons. The zero-order valence-corrected chi connectivity index (χ0v) is 11.5. The summed E-state index contributed by atoms with van der Waals surface area (Å²) in [6, 6.07) is 10.3. The van der Waals surface area contributed by atoms with Crippen molar-refractivity contribution in [3.8, 4) is 11.3 Å². The average molecular weight is 304 g/mol. The molecule has 6 nitrogen and oxygen atoms in total. The quantitative estimate of drug-likeness (QED) is 0.801. The smallest absolute Gasteiger partial charge is 0.371 e. The van der Waals surface area contributed by atoms with Crippen LogP contribution in [0.4, 0.5) is 0 Å². The molecule has 2 aromatic heterocycles. The number of rotatable bonds is 4. The molecule has 0 aliphatic carbocycles. The van der Waals surface area contributed by atoms with Crippen LogP contribution < -0.4 is 0 Å². The SMILES string of the molecule is O=C(O)c1ccc(Cn2nncc2-c2ccc(Cl)cc2)o1. The number of aromatic carboxylic acids is 1. The van der Waals surface area contributed by atoms with Crippen molar-refractivity contribution in [1.82, 2.24) is 15.0 Å². The minimum atomic E-state index is -1.10. The van der Waals surface area contributed by atoms with E-state index in [1.165, 1.54) is 6.07 Å². The Hall–Kier alpha value is -2.60. The summed E-state index contributed by atoms with van der Waals surface area (Å²) in [7, 11) is 0. The highest BCUT2D eigenvalue weighted by Gasteiger charge is 2.12. The van der Waals surface area contributed by atoms with Gasteiger partial charge in [0.05, 0.1) is 11.9 Å². The van der Waals surface area contributed by atoms with E-state index in [1.54, 1.807) is 29.1 Å². The van der Waals surface area contributed by atoms with Crippen molar-refractivity contribution in [3.63, 3.8) is 0 Å². The lowest BCUT2D eigenvalue weighted by molar-refractivity contribution is 0.0660. The van der Waals surface area contributed by atoms with Crippen LogP contribution in [0.15, 0.2) is 47.0 Å². The molecule has 0 saturated heterocycles. The maximum Gasteiger partial charge on any atom is 0.371 e. The molecule has 0 spiro atoms. The van der Waals surface area contributed by atoms with Gasteiger partial charge in [-0.1, -0.05) is 28.9 Å². The summed E-state index contributed by atoms with van der Waals surface area (Å²) in [4.78, 5) is 10.8. The molecule has 0 amide bonds. The highest BCUT2D eigenvalue weighted by molar-refractivity contribution is 6.30. The Morgan fingerprint density at radius 3 is 2.67 bits per heavy atom. The number of carboxylic acid groups (broad SMARTS) is 1. The number of carboxylic acids is 1. The van der Waals surface area contributed by atoms with Gasteiger partial charge in [0.15, 0.2) is 0 Å². The van der Waals surface area contributed by atoms with Crippen LogP contribution in [-0.4, -0.2) is 26.1 Å². The maximum absolute atomic E-state index is 10.8. The minimum absolute atomic E-state index is 0.0989. The molecular weight excluding hydrogens is 294 g/mol. The van der Waals surface area contributed by atoms with E-state index in [1.807, 2.05) is 12.1 Å². The Morgan fingerprint density at radius 1 is 1.24 bits per heavy atom. The molecule has 0 atom stereocenters. The fraction of sp³-hybridized carbons (Fsp3) is 0.0714. The molecule has 21 heavy (non-hydrogen) atoms. The second-order valence-electron chi connectivity index (χ2n) is 4.35. The third-order valence-electron chi connectivity index (χ3n) is 2.94. The number of halogens is 1. The lowest BCUT2D eigenvalue weighted by Crippen LogP contribution is -2.03. The van der Waals surface area contributed by atoms with Crippen LogP contribution in [0.5, 0.6) is 0 Å². The molecule has 0 fully saturated rings. The van der Waals surface area contributed by atoms with Gasteiger partial charge in [0.2, 0.25) is 5.76 Å². The van der Waals surface area contributed by atoms with Gasteiger partial charge in [-0.2, -0.15) is 0 Å². The molecule has 1 N–H and O–H groups in total. The monoisotopic (exact) mass is 303 g/mol. The highest BCUT2D eigenvalue weighted by atomic mass is 35.5. The van der Waals surface area contributed by atoms with Crippen molar-refractivity contribution >= 4 is 17.6 Å². The van der Waals surface area contributed by atoms with Crippen LogP contribution >= 0.6 is 11.6 Å². The van der Waals surface area contributed by atoms with Crippen molar-refractivity contribution in [1.29, 1.82) is 0 Å². The lowest BCUT2D eigenvalue weighted by Gasteiger charge is -2.04. The van der Waals surface area contributed by atoms with Crippen molar-refractivity contribution < 1.29 is 14.3 Å². The average Bonchev–Trinajstić information content (AvgIpc) is 3.10. The minimum Gasteiger partial charge on any atom is -0.475 e. The third kappa shape index (κ3) is 2.80. The van der Waals surface area contributed by atoms with Crippen LogP contribution in [0.25, 0.3) is 11.3 Å². The van der Waals surface area contributed by atoms with E-state index >= 15 is 0 Å². The van der Waals surface area contributed by atoms with Gasteiger partial charge >= 0.3 is 5.97 Å². The number of hydrogen-bond acceptors (Lipinski definition) is 4. The second-order valence-corrected chi connectivity index (χ2v) is 4.79. The Balaban J connectivity index is 1.88. The van der Waals surface area contributed by atoms with Gasteiger partial charge in [-0.25, -0.2) is 9.48 Å². The summed E-state index contributed by atoms with van der Waals surface area (Å²) in [5.41, 5.74) is 1.70. The van der Waals surface area contributed by atoms with Gasteiger partial charge in [-0.3, -0.25) is 0 Å². The predicted molar refractivity (Wildman–Crippen MR) is 75.2 cm³/mol. The normalized spacial score (nSPS) is 10.7. The third-order valence-corrected chi connectivity index (χ3v) is 3.19. The number of carbonyl (C=O) groups is 1. The zero-order chi connectivity index (χ0) is 14.8. The van der Waals surface area contributed by atoms with Gasteiger partial charge in [-0.05, 0) is 24.3 Å². The first kappa shape index (κ1) is 13.4. The predicted octanol–water partition coefficient (Wildman–Crippen LogP) is 2.94. The summed E-state index contributed by atoms with van der Waals surface area (Å²) < 4.78 is 6.85. The Morgan fingerprint density at radius 2 is 2.00 bits per heavy atom. The van der Waals surface area contributed by atoms with E-state index in [2.05, 4.69) is 10.3 Å². The lowest BCUT2D eigenvalue weighted by atomic mass is 10.2. The number of nitrogens with zero attached hydrogens (tertiary/aromatic N) is 3. The van der Waals surface area contributed by atoms with E-state index in [0.29, 0.717) is 17.3 Å². The first-order chi connectivity index (χ1) is 10.1. The standard InChI is InChI=1S/C14H10ClN3O3/c15-10-3-1-9(2-4-10)12-7-16-17-18(12)8-11-5-6-13(21-11)14(19)20/h1-7H,8H2,(H,19,20). The molecule has 0 aliphatic heterocycles. The Kier molecular flexibility index (Phi) is 3.45. The van der Waals surface area contributed by atoms with Crippen LogP contribution in [0.1, 0.15) is 16.3 Å². The number of hydrogen-bond donors (Lipinski definition) is 1. The van der Waals surface area contributed by atoms with Gasteiger partial charge < -0.3 is 9.52 Å². The number of aromatic nitrogens is 3.